The molecule has 0 spiro atoms. The molecule has 2 rings (SSSR count). The number of rotatable bonds is 3. The number of aliphatic hydroxyl groups is 1. The third kappa shape index (κ3) is 2.31. The number of hydrogen-bond acceptors (Lipinski definition) is 1. The lowest BCUT2D eigenvalue weighted by Gasteiger charge is -2.09. The van der Waals surface area contributed by atoms with Crippen molar-refractivity contribution in [2.45, 2.75) is 32.3 Å². The van der Waals surface area contributed by atoms with Gasteiger partial charge in [-0.25, -0.2) is 0 Å². The molecule has 0 aliphatic heterocycles. The van der Waals surface area contributed by atoms with E-state index >= 15 is 0 Å². The lowest BCUT2D eigenvalue weighted by molar-refractivity contribution is 0.160. The zero-order chi connectivity index (χ0) is 9.26. The van der Waals surface area contributed by atoms with E-state index in [0.717, 1.165) is 17.9 Å². The summed E-state index contributed by atoms with van der Waals surface area (Å²) in [6.45, 7) is 2.07. The Balaban J connectivity index is 2.01. The first-order chi connectivity index (χ1) is 6.25. The fourth-order valence-electron chi connectivity index (χ4n) is 1.59. The predicted molar refractivity (Wildman–Crippen MR) is 53.5 cm³/mol. The highest BCUT2D eigenvalue weighted by Crippen LogP contribution is 2.37. The fourth-order valence-corrected chi connectivity index (χ4v) is 1.59. The molecule has 0 radical (unpaired) electrons. The molecule has 0 amide bonds. The number of hydrogen-bond donors (Lipinski definition) is 1. The summed E-state index contributed by atoms with van der Waals surface area (Å²) in [5.74, 6) is 0.788. The van der Waals surface area contributed by atoms with Gasteiger partial charge in [-0.05, 0) is 24.8 Å². The molecule has 70 valence electrons. The van der Waals surface area contributed by atoms with Crippen LogP contribution in [-0.4, -0.2) is 5.11 Å². The quantitative estimate of drug-likeness (QED) is 0.750. The van der Waals surface area contributed by atoms with E-state index in [9.17, 15) is 5.11 Å². The Morgan fingerprint density at radius 1 is 1.31 bits per heavy atom. The molecule has 1 N–H and O–H groups in total. The SMILES string of the molecule is Cc1ccc([C@H](O)CC2CC2)cc1. The highest BCUT2D eigenvalue weighted by molar-refractivity contribution is 5.23. The van der Waals surface area contributed by atoms with E-state index < -0.39 is 0 Å². The van der Waals surface area contributed by atoms with Gasteiger partial charge in [0.2, 0.25) is 0 Å². The molecule has 0 saturated heterocycles. The maximum Gasteiger partial charge on any atom is 0.0792 e. The van der Waals surface area contributed by atoms with E-state index in [4.69, 9.17) is 0 Å². The van der Waals surface area contributed by atoms with Crippen LogP contribution in [0.3, 0.4) is 0 Å². The smallest absolute Gasteiger partial charge is 0.0792 e. The van der Waals surface area contributed by atoms with Crippen molar-refractivity contribution in [1.82, 2.24) is 0 Å². The third-order valence-electron chi connectivity index (χ3n) is 2.72. The van der Waals surface area contributed by atoms with Crippen molar-refractivity contribution in [2.24, 2.45) is 5.92 Å². The summed E-state index contributed by atoms with van der Waals surface area (Å²) in [6, 6.07) is 8.18. The van der Waals surface area contributed by atoms with Crippen LogP contribution in [0.25, 0.3) is 0 Å². The van der Waals surface area contributed by atoms with Gasteiger partial charge in [0, 0.05) is 0 Å². The van der Waals surface area contributed by atoms with Crippen molar-refractivity contribution < 1.29 is 5.11 Å². The van der Waals surface area contributed by atoms with E-state index in [0.29, 0.717) is 0 Å². The summed E-state index contributed by atoms with van der Waals surface area (Å²) in [6.07, 6.45) is 3.32. The molecule has 1 saturated carbocycles. The number of aliphatic hydroxyl groups excluding tert-OH is 1. The van der Waals surface area contributed by atoms with Crippen molar-refractivity contribution >= 4 is 0 Å². The van der Waals surface area contributed by atoms with Crippen LogP contribution < -0.4 is 0 Å². The molecular weight excluding hydrogens is 160 g/mol. The van der Waals surface area contributed by atoms with Crippen LogP contribution >= 0.6 is 0 Å². The molecule has 1 fully saturated rings. The molecule has 1 aromatic rings. The summed E-state index contributed by atoms with van der Waals surface area (Å²) in [4.78, 5) is 0. The highest BCUT2D eigenvalue weighted by Gasteiger charge is 2.24. The van der Waals surface area contributed by atoms with Crippen LogP contribution in [0.15, 0.2) is 24.3 Å². The Morgan fingerprint density at radius 2 is 1.92 bits per heavy atom. The molecule has 1 heteroatoms. The van der Waals surface area contributed by atoms with Crippen molar-refractivity contribution in [3.63, 3.8) is 0 Å². The largest absolute Gasteiger partial charge is 0.388 e. The maximum absolute atomic E-state index is 9.82. The van der Waals surface area contributed by atoms with Gasteiger partial charge in [0.15, 0.2) is 0 Å². The second-order valence-corrected chi connectivity index (χ2v) is 4.11. The van der Waals surface area contributed by atoms with E-state index in [1.807, 2.05) is 12.1 Å². The Bertz CT molecular complexity index is 272. The molecular formula is C12H16O. The van der Waals surface area contributed by atoms with Gasteiger partial charge in [-0.2, -0.15) is 0 Å². The molecule has 0 unspecified atom stereocenters. The van der Waals surface area contributed by atoms with Gasteiger partial charge in [-0.15, -0.1) is 0 Å². The standard InChI is InChI=1S/C12H16O/c1-9-2-6-11(7-3-9)12(13)8-10-4-5-10/h2-3,6-7,10,12-13H,4-5,8H2,1H3/t12-/m1/s1. The average molecular weight is 176 g/mol. The van der Waals surface area contributed by atoms with Crippen LogP contribution in [0.5, 0.6) is 0 Å². The van der Waals surface area contributed by atoms with E-state index in [1.54, 1.807) is 0 Å². The zero-order valence-corrected chi connectivity index (χ0v) is 8.03. The van der Waals surface area contributed by atoms with Crippen LogP contribution in [0, 0.1) is 12.8 Å². The summed E-state index contributed by atoms with van der Waals surface area (Å²) < 4.78 is 0. The van der Waals surface area contributed by atoms with Crippen LogP contribution in [0.4, 0.5) is 0 Å². The fraction of sp³-hybridized carbons (Fsp3) is 0.500. The van der Waals surface area contributed by atoms with Crippen molar-refractivity contribution in [1.29, 1.82) is 0 Å². The Hall–Kier alpha value is -0.820. The first-order valence-electron chi connectivity index (χ1n) is 5.00. The Kier molecular flexibility index (Phi) is 2.36. The van der Waals surface area contributed by atoms with Gasteiger partial charge in [0.1, 0.15) is 0 Å². The van der Waals surface area contributed by atoms with Crippen LogP contribution in [-0.2, 0) is 0 Å². The van der Waals surface area contributed by atoms with Crippen molar-refractivity contribution in [3.8, 4) is 0 Å². The van der Waals surface area contributed by atoms with Crippen molar-refractivity contribution in [2.75, 3.05) is 0 Å². The van der Waals surface area contributed by atoms with Gasteiger partial charge in [-0.3, -0.25) is 0 Å². The molecule has 1 aliphatic rings. The summed E-state index contributed by atoms with van der Waals surface area (Å²) >= 11 is 0. The number of benzene rings is 1. The van der Waals surface area contributed by atoms with Gasteiger partial charge in [0.25, 0.3) is 0 Å². The third-order valence-corrected chi connectivity index (χ3v) is 2.72. The molecule has 1 aliphatic carbocycles. The van der Waals surface area contributed by atoms with Gasteiger partial charge < -0.3 is 5.11 Å². The second-order valence-electron chi connectivity index (χ2n) is 4.11. The van der Waals surface area contributed by atoms with Crippen molar-refractivity contribution in [3.05, 3.63) is 35.4 Å². The summed E-state index contributed by atoms with van der Waals surface area (Å²) in [5, 5.41) is 9.82. The molecule has 1 aromatic carbocycles. The van der Waals surface area contributed by atoms with E-state index in [2.05, 4.69) is 19.1 Å². The van der Waals surface area contributed by atoms with Gasteiger partial charge in [-0.1, -0.05) is 42.7 Å². The summed E-state index contributed by atoms with van der Waals surface area (Å²) in [5.41, 5.74) is 2.32. The number of aryl methyl sites for hydroxylation is 1. The molecule has 1 nitrogen and oxygen atoms in total. The van der Waals surface area contributed by atoms with Crippen LogP contribution in [0.2, 0.25) is 0 Å². The lowest BCUT2D eigenvalue weighted by atomic mass is 10.0. The molecule has 0 bridgehead atoms. The maximum atomic E-state index is 9.82. The van der Waals surface area contributed by atoms with E-state index in [1.165, 1.54) is 18.4 Å². The lowest BCUT2D eigenvalue weighted by Crippen LogP contribution is -1.97. The first kappa shape index (κ1) is 8.76. The first-order valence-corrected chi connectivity index (χ1v) is 5.00. The predicted octanol–water partition coefficient (Wildman–Crippen LogP) is 2.83. The average Bonchev–Trinajstić information content (AvgIpc) is 2.89. The zero-order valence-electron chi connectivity index (χ0n) is 8.03. The summed E-state index contributed by atoms with van der Waals surface area (Å²) in [7, 11) is 0. The highest BCUT2D eigenvalue weighted by atomic mass is 16.3. The monoisotopic (exact) mass is 176 g/mol. The molecule has 0 aromatic heterocycles. The van der Waals surface area contributed by atoms with Gasteiger partial charge >= 0.3 is 0 Å². The normalized spacial score (nSPS) is 18.6. The second kappa shape index (κ2) is 3.51. The topological polar surface area (TPSA) is 20.2 Å². The molecule has 0 heterocycles. The van der Waals surface area contributed by atoms with Gasteiger partial charge in [0.05, 0.1) is 6.10 Å². The minimum Gasteiger partial charge on any atom is -0.388 e. The minimum atomic E-state index is -0.243. The molecule has 1 atom stereocenters. The Morgan fingerprint density at radius 3 is 2.46 bits per heavy atom. The van der Waals surface area contributed by atoms with E-state index in [-0.39, 0.29) is 6.10 Å². The molecule has 13 heavy (non-hydrogen) atoms. The Labute approximate surface area is 79.4 Å². The minimum absolute atomic E-state index is 0.243. The van der Waals surface area contributed by atoms with Crippen LogP contribution in [0.1, 0.15) is 36.5 Å².